The largest absolute Gasteiger partial charge is 0.467 e. The first-order chi connectivity index (χ1) is 11.7. The minimum absolute atomic E-state index is 0.0910. The van der Waals surface area contributed by atoms with Crippen LogP contribution in [0.25, 0.3) is 0 Å². The van der Waals surface area contributed by atoms with E-state index < -0.39 is 0 Å². The Morgan fingerprint density at radius 1 is 1.08 bits per heavy atom. The van der Waals surface area contributed by atoms with E-state index in [0.29, 0.717) is 24.0 Å². The summed E-state index contributed by atoms with van der Waals surface area (Å²) in [6.45, 7) is 1.22. The second-order valence-electron chi connectivity index (χ2n) is 5.08. The second-order valence-corrected chi connectivity index (χ2v) is 5.49. The topological polar surface area (TPSA) is 84.8 Å². The zero-order valence-corrected chi connectivity index (χ0v) is 13.7. The Hall–Kier alpha value is -2.74. The lowest BCUT2D eigenvalue weighted by atomic mass is 10.2. The molecule has 0 saturated heterocycles. The molecule has 0 atom stereocenters. The number of thiocarbonyl (C=S) groups is 1. The van der Waals surface area contributed by atoms with Gasteiger partial charge in [0.05, 0.1) is 19.4 Å². The Labute approximate surface area is 144 Å². The number of nitrogens with one attached hydrogen (secondary N) is 3. The fourth-order valence-corrected chi connectivity index (χ4v) is 2.26. The molecule has 3 rings (SSSR count). The number of furan rings is 1. The molecule has 2 aromatic rings. The summed E-state index contributed by atoms with van der Waals surface area (Å²) in [5.74, 6) is 2.00. The number of carbonyl (C=O) groups excluding carboxylic acids is 1. The van der Waals surface area contributed by atoms with Gasteiger partial charge in [0.1, 0.15) is 5.76 Å². The molecule has 24 heavy (non-hydrogen) atoms. The van der Waals surface area contributed by atoms with Crippen molar-refractivity contribution in [2.24, 2.45) is 0 Å². The van der Waals surface area contributed by atoms with Gasteiger partial charge in [-0.3, -0.25) is 4.79 Å². The molecule has 0 spiro atoms. The van der Waals surface area contributed by atoms with Gasteiger partial charge in [0.15, 0.2) is 16.6 Å². The molecular formula is C16H17N3O4S. The average molecular weight is 347 g/mol. The van der Waals surface area contributed by atoms with E-state index in [1.54, 1.807) is 18.4 Å². The van der Waals surface area contributed by atoms with E-state index in [1.807, 2.05) is 18.2 Å². The van der Waals surface area contributed by atoms with E-state index >= 15 is 0 Å². The second kappa shape index (κ2) is 7.69. The van der Waals surface area contributed by atoms with E-state index in [-0.39, 0.29) is 19.2 Å². The number of fused-ring (bicyclic) bond motifs is 1. The summed E-state index contributed by atoms with van der Waals surface area (Å²) in [6.07, 6.45) is 1.56. The predicted molar refractivity (Wildman–Crippen MR) is 90.6 cm³/mol. The van der Waals surface area contributed by atoms with Gasteiger partial charge in [-0.1, -0.05) is 6.07 Å². The minimum Gasteiger partial charge on any atom is -0.467 e. The van der Waals surface area contributed by atoms with Crippen LogP contribution in [-0.4, -0.2) is 24.4 Å². The van der Waals surface area contributed by atoms with Crippen LogP contribution in [0.5, 0.6) is 11.5 Å². The highest BCUT2D eigenvalue weighted by Gasteiger charge is 2.13. The highest BCUT2D eigenvalue weighted by atomic mass is 32.1. The maximum Gasteiger partial charge on any atom is 0.239 e. The molecule has 126 valence electrons. The zero-order chi connectivity index (χ0) is 16.8. The summed E-state index contributed by atoms with van der Waals surface area (Å²) in [6, 6.07) is 9.26. The summed E-state index contributed by atoms with van der Waals surface area (Å²) in [7, 11) is 0. The van der Waals surface area contributed by atoms with Crippen molar-refractivity contribution < 1.29 is 18.7 Å². The van der Waals surface area contributed by atoms with Crippen molar-refractivity contribution in [3.8, 4) is 11.5 Å². The molecule has 0 bridgehead atoms. The van der Waals surface area contributed by atoms with Crippen molar-refractivity contribution in [2.75, 3.05) is 13.3 Å². The number of carbonyl (C=O) groups is 1. The monoisotopic (exact) mass is 347 g/mol. The number of amides is 1. The van der Waals surface area contributed by atoms with Crippen LogP contribution in [0.15, 0.2) is 41.0 Å². The number of rotatable bonds is 6. The van der Waals surface area contributed by atoms with Crippen molar-refractivity contribution >= 4 is 23.2 Å². The fourth-order valence-electron chi connectivity index (χ4n) is 2.12. The lowest BCUT2D eigenvalue weighted by Gasteiger charge is -2.11. The maximum absolute atomic E-state index is 11.7. The van der Waals surface area contributed by atoms with Gasteiger partial charge in [-0.05, 0) is 42.0 Å². The lowest BCUT2D eigenvalue weighted by Crippen LogP contribution is -2.41. The van der Waals surface area contributed by atoms with E-state index in [2.05, 4.69) is 16.0 Å². The minimum atomic E-state index is -0.168. The van der Waals surface area contributed by atoms with Gasteiger partial charge in [0, 0.05) is 6.54 Å². The highest BCUT2D eigenvalue weighted by molar-refractivity contribution is 7.80. The first-order valence-electron chi connectivity index (χ1n) is 7.40. The van der Waals surface area contributed by atoms with E-state index in [1.165, 1.54) is 0 Å². The molecule has 0 aliphatic carbocycles. The first kappa shape index (κ1) is 16.1. The quantitative estimate of drug-likeness (QED) is 0.679. The van der Waals surface area contributed by atoms with Crippen LogP contribution in [0.1, 0.15) is 11.3 Å². The third kappa shape index (κ3) is 4.39. The highest BCUT2D eigenvalue weighted by Crippen LogP contribution is 2.32. The molecule has 1 aliphatic heterocycles. The van der Waals surface area contributed by atoms with Crippen LogP contribution in [0.4, 0.5) is 0 Å². The third-order valence-corrected chi connectivity index (χ3v) is 3.63. The molecule has 1 aliphatic rings. The first-order valence-corrected chi connectivity index (χ1v) is 7.81. The molecule has 1 amide bonds. The summed E-state index contributed by atoms with van der Waals surface area (Å²) >= 11 is 5.16. The van der Waals surface area contributed by atoms with Gasteiger partial charge in [0.2, 0.25) is 12.7 Å². The van der Waals surface area contributed by atoms with Crippen molar-refractivity contribution in [2.45, 2.75) is 13.1 Å². The van der Waals surface area contributed by atoms with Gasteiger partial charge >= 0.3 is 0 Å². The van der Waals surface area contributed by atoms with E-state index in [0.717, 1.165) is 17.1 Å². The Balaban J connectivity index is 1.35. The summed E-state index contributed by atoms with van der Waals surface area (Å²) in [5.41, 5.74) is 1.01. The van der Waals surface area contributed by atoms with Gasteiger partial charge in [-0.15, -0.1) is 0 Å². The molecule has 3 N–H and O–H groups in total. The van der Waals surface area contributed by atoms with Crippen LogP contribution in [-0.2, 0) is 17.9 Å². The molecule has 0 unspecified atom stereocenters. The molecule has 7 nitrogen and oxygen atoms in total. The molecule has 2 heterocycles. The number of hydrogen-bond donors (Lipinski definition) is 3. The number of hydrogen-bond acceptors (Lipinski definition) is 5. The molecule has 1 aromatic carbocycles. The summed E-state index contributed by atoms with van der Waals surface area (Å²) in [4.78, 5) is 11.7. The molecule has 8 heteroatoms. The molecular weight excluding hydrogens is 330 g/mol. The smallest absolute Gasteiger partial charge is 0.239 e. The lowest BCUT2D eigenvalue weighted by molar-refractivity contribution is -0.120. The number of ether oxygens (including phenoxy) is 2. The van der Waals surface area contributed by atoms with Crippen molar-refractivity contribution in [3.63, 3.8) is 0 Å². The number of benzene rings is 1. The normalized spacial score (nSPS) is 11.8. The van der Waals surface area contributed by atoms with E-state index in [4.69, 9.17) is 26.1 Å². The van der Waals surface area contributed by atoms with Gasteiger partial charge in [-0.25, -0.2) is 0 Å². The van der Waals surface area contributed by atoms with Gasteiger partial charge in [0.25, 0.3) is 0 Å². The molecule has 0 radical (unpaired) electrons. The van der Waals surface area contributed by atoms with Crippen LogP contribution < -0.4 is 25.4 Å². The van der Waals surface area contributed by atoms with Crippen LogP contribution in [0, 0.1) is 0 Å². The fraction of sp³-hybridized carbons (Fsp3) is 0.250. The Morgan fingerprint density at radius 3 is 2.79 bits per heavy atom. The Morgan fingerprint density at radius 2 is 1.96 bits per heavy atom. The average Bonchev–Trinajstić information content (AvgIpc) is 3.26. The molecule has 1 aromatic heterocycles. The summed E-state index contributed by atoms with van der Waals surface area (Å²) in [5, 5.41) is 9.03. The molecule has 0 fully saturated rings. The van der Waals surface area contributed by atoms with Crippen molar-refractivity contribution in [1.82, 2.24) is 16.0 Å². The maximum atomic E-state index is 11.7. The standard InChI is InChI=1S/C16H17N3O4S/c20-15(17-8-12-2-1-5-21-12)9-19-16(24)18-7-11-3-4-13-14(6-11)23-10-22-13/h1-6H,7-10H2,(H,17,20)(H2,18,19,24). The SMILES string of the molecule is O=C(CNC(=S)NCc1ccc2c(c1)OCO2)NCc1ccco1. The van der Waals surface area contributed by atoms with Crippen molar-refractivity contribution in [1.29, 1.82) is 0 Å². The van der Waals surface area contributed by atoms with Gasteiger partial charge in [-0.2, -0.15) is 0 Å². The van der Waals surface area contributed by atoms with Crippen molar-refractivity contribution in [3.05, 3.63) is 47.9 Å². The Kier molecular flexibility index (Phi) is 5.17. The van der Waals surface area contributed by atoms with Crippen LogP contribution in [0.2, 0.25) is 0 Å². The van der Waals surface area contributed by atoms with Crippen LogP contribution in [0.3, 0.4) is 0 Å². The third-order valence-electron chi connectivity index (χ3n) is 3.34. The van der Waals surface area contributed by atoms with Gasteiger partial charge < -0.3 is 29.8 Å². The zero-order valence-electron chi connectivity index (χ0n) is 12.8. The Bertz CT molecular complexity index is 718. The van der Waals surface area contributed by atoms with Crippen LogP contribution >= 0.6 is 12.2 Å². The summed E-state index contributed by atoms with van der Waals surface area (Å²) < 4.78 is 15.7. The predicted octanol–water partition coefficient (Wildman–Crippen LogP) is 1.29. The van der Waals surface area contributed by atoms with E-state index in [9.17, 15) is 4.79 Å². The molecule has 0 saturated carbocycles.